The Morgan fingerprint density at radius 1 is 1.47 bits per heavy atom. The summed E-state index contributed by atoms with van der Waals surface area (Å²) in [6, 6.07) is 0. The maximum Gasteiger partial charge on any atom is 0.223 e. The SMILES string of the molecule is CC(C)(N)CCC(=O)N1CCCC1(C)C. The molecule has 0 saturated carbocycles. The molecule has 1 aliphatic heterocycles. The second-order valence-corrected chi connectivity index (χ2v) is 5.95. The largest absolute Gasteiger partial charge is 0.338 e. The van der Waals surface area contributed by atoms with Crippen molar-refractivity contribution in [3.63, 3.8) is 0 Å². The lowest BCUT2D eigenvalue weighted by atomic mass is 9.98. The molecule has 0 bridgehead atoms. The minimum absolute atomic E-state index is 0.0514. The third-order valence-electron chi connectivity index (χ3n) is 3.19. The van der Waals surface area contributed by atoms with Gasteiger partial charge in [-0.25, -0.2) is 0 Å². The molecule has 88 valence electrons. The van der Waals surface area contributed by atoms with Crippen molar-refractivity contribution in [2.24, 2.45) is 5.73 Å². The quantitative estimate of drug-likeness (QED) is 0.776. The van der Waals surface area contributed by atoms with Crippen LogP contribution < -0.4 is 5.73 Å². The Hall–Kier alpha value is -0.570. The van der Waals surface area contributed by atoms with E-state index < -0.39 is 0 Å². The highest BCUT2D eigenvalue weighted by Crippen LogP contribution is 2.29. The van der Waals surface area contributed by atoms with Gasteiger partial charge in [-0.1, -0.05) is 0 Å². The normalized spacial score (nSPS) is 20.7. The van der Waals surface area contributed by atoms with Crippen LogP contribution in [0.5, 0.6) is 0 Å². The molecule has 0 aromatic carbocycles. The first kappa shape index (κ1) is 12.5. The molecule has 1 amide bonds. The van der Waals surface area contributed by atoms with E-state index >= 15 is 0 Å². The number of hydrogen-bond acceptors (Lipinski definition) is 2. The number of nitrogens with zero attached hydrogens (tertiary/aromatic N) is 1. The van der Waals surface area contributed by atoms with Gasteiger partial charge in [0.15, 0.2) is 0 Å². The van der Waals surface area contributed by atoms with Crippen molar-refractivity contribution in [1.29, 1.82) is 0 Å². The summed E-state index contributed by atoms with van der Waals surface area (Å²) >= 11 is 0. The van der Waals surface area contributed by atoms with Crippen molar-refractivity contribution in [3.8, 4) is 0 Å². The van der Waals surface area contributed by atoms with Crippen molar-refractivity contribution < 1.29 is 4.79 Å². The zero-order valence-electron chi connectivity index (χ0n) is 10.5. The van der Waals surface area contributed by atoms with E-state index in [0.29, 0.717) is 6.42 Å². The standard InChI is InChI=1S/C12H24N2O/c1-11(2,13)8-6-10(15)14-9-5-7-12(14,3)4/h5-9,13H2,1-4H3. The Kier molecular flexibility index (Phi) is 3.44. The highest BCUT2D eigenvalue weighted by atomic mass is 16.2. The van der Waals surface area contributed by atoms with E-state index in [2.05, 4.69) is 13.8 Å². The number of amides is 1. The molecule has 2 N–H and O–H groups in total. The van der Waals surface area contributed by atoms with Crippen LogP contribution in [0.25, 0.3) is 0 Å². The van der Waals surface area contributed by atoms with E-state index in [1.54, 1.807) is 0 Å². The molecule has 1 fully saturated rings. The summed E-state index contributed by atoms with van der Waals surface area (Å²) in [6.45, 7) is 9.14. The van der Waals surface area contributed by atoms with Gasteiger partial charge in [0.05, 0.1) is 0 Å². The fourth-order valence-corrected chi connectivity index (χ4v) is 2.13. The highest BCUT2D eigenvalue weighted by molar-refractivity contribution is 5.77. The summed E-state index contributed by atoms with van der Waals surface area (Å²) in [5.74, 6) is 0.260. The zero-order valence-corrected chi connectivity index (χ0v) is 10.5. The molecule has 0 aliphatic carbocycles. The first-order chi connectivity index (χ1) is 6.72. The fraction of sp³-hybridized carbons (Fsp3) is 0.917. The summed E-state index contributed by atoms with van der Waals surface area (Å²) < 4.78 is 0. The molecule has 0 radical (unpaired) electrons. The molecule has 1 heterocycles. The molecule has 0 aromatic heterocycles. The van der Waals surface area contributed by atoms with E-state index in [4.69, 9.17) is 5.73 Å². The summed E-state index contributed by atoms with van der Waals surface area (Å²) in [4.78, 5) is 14.0. The predicted octanol–water partition coefficient (Wildman–Crippen LogP) is 1.90. The van der Waals surface area contributed by atoms with Crippen molar-refractivity contribution >= 4 is 5.91 Å². The molecule has 0 unspecified atom stereocenters. The van der Waals surface area contributed by atoms with Crippen molar-refractivity contribution in [2.45, 2.75) is 64.5 Å². The highest BCUT2D eigenvalue weighted by Gasteiger charge is 2.35. The molecule has 1 saturated heterocycles. The van der Waals surface area contributed by atoms with Gasteiger partial charge in [-0.15, -0.1) is 0 Å². The average Bonchev–Trinajstić information content (AvgIpc) is 2.40. The summed E-state index contributed by atoms with van der Waals surface area (Å²) in [5, 5.41) is 0. The van der Waals surface area contributed by atoms with Gasteiger partial charge in [-0.2, -0.15) is 0 Å². The van der Waals surface area contributed by atoms with Crippen molar-refractivity contribution in [1.82, 2.24) is 4.90 Å². The smallest absolute Gasteiger partial charge is 0.223 e. The second kappa shape index (κ2) is 4.12. The maximum absolute atomic E-state index is 12.0. The Morgan fingerprint density at radius 3 is 2.47 bits per heavy atom. The molecule has 15 heavy (non-hydrogen) atoms. The molecular formula is C12H24N2O. The van der Waals surface area contributed by atoms with Gasteiger partial charge in [0.25, 0.3) is 0 Å². The Morgan fingerprint density at radius 2 is 2.07 bits per heavy atom. The first-order valence-electron chi connectivity index (χ1n) is 5.82. The van der Waals surface area contributed by atoms with Gasteiger partial charge in [0.1, 0.15) is 0 Å². The third kappa shape index (κ3) is 3.49. The molecule has 3 nitrogen and oxygen atoms in total. The van der Waals surface area contributed by atoms with Gasteiger partial charge in [0.2, 0.25) is 5.91 Å². The topological polar surface area (TPSA) is 46.3 Å². The maximum atomic E-state index is 12.0. The second-order valence-electron chi connectivity index (χ2n) is 5.95. The van der Waals surface area contributed by atoms with E-state index in [-0.39, 0.29) is 17.0 Å². The van der Waals surface area contributed by atoms with Crippen molar-refractivity contribution in [3.05, 3.63) is 0 Å². The monoisotopic (exact) mass is 212 g/mol. The number of carbonyl (C=O) groups excluding carboxylic acids is 1. The number of hydrogen-bond donors (Lipinski definition) is 1. The van der Waals surface area contributed by atoms with E-state index in [9.17, 15) is 4.79 Å². The fourth-order valence-electron chi connectivity index (χ4n) is 2.13. The molecule has 1 rings (SSSR count). The molecule has 0 spiro atoms. The number of carbonyl (C=O) groups is 1. The molecule has 0 aromatic rings. The van der Waals surface area contributed by atoms with E-state index in [1.807, 2.05) is 18.7 Å². The van der Waals surface area contributed by atoms with Gasteiger partial charge in [-0.05, 0) is 47.0 Å². The van der Waals surface area contributed by atoms with Gasteiger partial charge < -0.3 is 10.6 Å². The number of nitrogens with two attached hydrogens (primary N) is 1. The minimum atomic E-state index is -0.237. The molecular weight excluding hydrogens is 188 g/mol. The Bertz CT molecular complexity index is 240. The minimum Gasteiger partial charge on any atom is -0.338 e. The van der Waals surface area contributed by atoms with Crippen LogP contribution in [0.4, 0.5) is 0 Å². The lowest BCUT2D eigenvalue weighted by Crippen LogP contribution is -2.43. The number of likely N-dealkylation sites (tertiary alicyclic amines) is 1. The zero-order chi connectivity index (χ0) is 11.7. The molecule has 0 atom stereocenters. The van der Waals surface area contributed by atoms with Crippen LogP contribution in [0, 0.1) is 0 Å². The van der Waals surface area contributed by atoms with Crippen LogP contribution in [0.2, 0.25) is 0 Å². The van der Waals surface area contributed by atoms with Crippen LogP contribution >= 0.6 is 0 Å². The lowest BCUT2D eigenvalue weighted by Gasteiger charge is -2.32. The van der Waals surface area contributed by atoms with Crippen LogP contribution in [0.1, 0.15) is 53.4 Å². The van der Waals surface area contributed by atoms with E-state index in [1.165, 1.54) is 0 Å². The number of rotatable bonds is 3. The Balaban J connectivity index is 2.48. The van der Waals surface area contributed by atoms with Crippen LogP contribution in [-0.4, -0.2) is 28.4 Å². The lowest BCUT2D eigenvalue weighted by molar-refractivity contribution is -0.134. The summed E-state index contributed by atoms with van der Waals surface area (Å²) in [7, 11) is 0. The van der Waals surface area contributed by atoms with E-state index in [0.717, 1.165) is 25.8 Å². The van der Waals surface area contributed by atoms with Gasteiger partial charge >= 0.3 is 0 Å². The molecule has 3 heteroatoms. The van der Waals surface area contributed by atoms with Crippen LogP contribution in [0.3, 0.4) is 0 Å². The summed E-state index contributed by atoms with van der Waals surface area (Å²) in [6.07, 6.45) is 3.58. The third-order valence-corrected chi connectivity index (χ3v) is 3.19. The van der Waals surface area contributed by atoms with Gasteiger partial charge in [0, 0.05) is 24.0 Å². The average molecular weight is 212 g/mol. The van der Waals surface area contributed by atoms with Crippen molar-refractivity contribution in [2.75, 3.05) is 6.54 Å². The molecule has 1 aliphatic rings. The van der Waals surface area contributed by atoms with Crippen LogP contribution in [0.15, 0.2) is 0 Å². The first-order valence-corrected chi connectivity index (χ1v) is 5.82. The predicted molar refractivity (Wildman–Crippen MR) is 62.5 cm³/mol. The Labute approximate surface area is 93.0 Å². The summed E-state index contributed by atoms with van der Waals surface area (Å²) in [5.41, 5.74) is 5.69. The van der Waals surface area contributed by atoms with Gasteiger partial charge in [-0.3, -0.25) is 4.79 Å². The van der Waals surface area contributed by atoms with Crippen LogP contribution in [-0.2, 0) is 4.79 Å².